The molecule has 2 N–H and O–H groups in total. The minimum atomic E-state index is -0.824. The van der Waals surface area contributed by atoms with E-state index in [4.69, 9.17) is 0 Å². The lowest BCUT2D eigenvalue weighted by Crippen LogP contribution is -2.50. The number of carbonyl (C=O) groups excluding carboxylic acids is 3. The number of hydrogen-bond donors (Lipinski definition) is 2. The molecule has 0 spiro atoms. The van der Waals surface area contributed by atoms with E-state index in [2.05, 4.69) is 20.4 Å². The molecule has 1 fully saturated rings. The summed E-state index contributed by atoms with van der Waals surface area (Å²) in [4.78, 5) is 43.5. The van der Waals surface area contributed by atoms with Crippen LogP contribution in [0.5, 0.6) is 0 Å². The largest absolute Gasteiger partial charge is 0.453 e. The molecule has 2 heterocycles. The van der Waals surface area contributed by atoms with Crippen LogP contribution in [0.25, 0.3) is 0 Å². The van der Waals surface area contributed by atoms with E-state index in [-0.39, 0.29) is 24.3 Å². The van der Waals surface area contributed by atoms with Gasteiger partial charge in [0.2, 0.25) is 0 Å². The molecule has 0 radical (unpaired) electrons. The number of aryl methyl sites for hydroxylation is 1. The Balaban J connectivity index is 1.65. The zero-order chi connectivity index (χ0) is 21.7. The van der Waals surface area contributed by atoms with E-state index >= 15 is 0 Å². The average Bonchev–Trinajstić information content (AvgIpc) is 2.76. The standard InChI is InChI=1S/C20H22FN5O4/c1-13-6-7-14(12-22-13)23-19(28)24-16-5-3-4-15(17(16)21)18(27)25-8-10-26(11-9-25)20(29)30-2/h3-7,12H,8-11H2,1-2H3,(H2,23,24,28). The summed E-state index contributed by atoms with van der Waals surface area (Å²) in [7, 11) is 1.29. The quantitative estimate of drug-likeness (QED) is 0.802. The van der Waals surface area contributed by atoms with Gasteiger partial charge in [0.25, 0.3) is 5.91 Å². The van der Waals surface area contributed by atoms with Crippen molar-refractivity contribution < 1.29 is 23.5 Å². The summed E-state index contributed by atoms with van der Waals surface area (Å²) in [5.41, 5.74) is 0.975. The molecule has 3 rings (SSSR count). The number of ether oxygens (including phenoxy) is 1. The first-order valence-corrected chi connectivity index (χ1v) is 9.30. The topological polar surface area (TPSA) is 104 Å². The number of aromatic nitrogens is 1. The first-order valence-electron chi connectivity index (χ1n) is 9.30. The number of nitrogens with zero attached hydrogens (tertiary/aromatic N) is 3. The number of urea groups is 1. The molecule has 1 aliphatic heterocycles. The van der Waals surface area contributed by atoms with Gasteiger partial charge < -0.3 is 25.2 Å². The molecule has 30 heavy (non-hydrogen) atoms. The maximum atomic E-state index is 14.9. The molecule has 4 amide bonds. The number of benzene rings is 1. The fraction of sp³-hybridized carbons (Fsp3) is 0.300. The first-order chi connectivity index (χ1) is 14.4. The number of rotatable bonds is 3. The van der Waals surface area contributed by atoms with Crippen molar-refractivity contribution in [1.82, 2.24) is 14.8 Å². The van der Waals surface area contributed by atoms with Crippen molar-refractivity contribution in [2.45, 2.75) is 6.92 Å². The molecular weight excluding hydrogens is 393 g/mol. The Hall–Kier alpha value is -3.69. The second kappa shape index (κ2) is 9.21. The molecule has 0 bridgehead atoms. The molecule has 0 saturated carbocycles. The van der Waals surface area contributed by atoms with Gasteiger partial charge in [0.05, 0.1) is 30.2 Å². The number of methoxy groups -OCH3 is 1. The van der Waals surface area contributed by atoms with Gasteiger partial charge in [-0.3, -0.25) is 9.78 Å². The summed E-state index contributed by atoms with van der Waals surface area (Å²) in [6.45, 7) is 2.92. The Morgan fingerprint density at radius 2 is 1.73 bits per heavy atom. The molecule has 9 nitrogen and oxygen atoms in total. The molecule has 2 aromatic rings. The Bertz CT molecular complexity index is 943. The van der Waals surface area contributed by atoms with Crippen molar-refractivity contribution in [3.63, 3.8) is 0 Å². The molecule has 1 aromatic carbocycles. The number of hydrogen-bond acceptors (Lipinski definition) is 5. The number of amides is 4. The van der Waals surface area contributed by atoms with Crippen molar-refractivity contribution >= 4 is 29.4 Å². The van der Waals surface area contributed by atoms with Gasteiger partial charge in [-0.2, -0.15) is 0 Å². The second-order valence-corrected chi connectivity index (χ2v) is 6.68. The molecule has 1 aromatic heterocycles. The van der Waals surface area contributed by atoms with Crippen molar-refractivity contribution in [2.24, 2.45) is 0 Å². The van der Waals surface area contributed by atoms with Crippen molar-refractivity contribution in [2.75, 3.05) is 43.9 Å². The summed E-state index contributed by atoms with van der Waals surface area (Å²) in [5.74, 6) is -1.33. The van der Waals surface area contributed by atoms with Crippen LogP contribution in [-0.2, 0) is 4.74 Å². The number of piperazine rings is 1. The van der Waals surface area contributed by atoms with E-state index < -0.39 is 23.8 Å². The highest BCUT2D eigenvalue weighted by atomic mass is 19.1. The van der Waals surface area contributed by atoms with Crippen LogP contribution >= 0.6 is 0 Å². The first kappa shape index (κ1) is 21.0. The van der Waals surface area contributed by atoms with Gasteiger partial charge in [-0.1, -0.05) is 6.07 Å². The van der Waals surface area contributed by atoms with Gasteiger partial charge >= 0.3 is 12.1 Å². The number of anilines is 2. The summed E-state index contributed by atoms with van der Waals surface area (Å²) in [5, 5.41) is 4.96. The monoisotopic (exact) mass is 415 g/mol. The smallest absolute Gasteiger partial charge is 0.409 e. The summed E-state index contributed by atoms with van der Waals surface area (Å²) in [6, 6.07) is 6.97. The average molecular weight is 415 g/mol. The van der Waals surface area contributed by atoms with Gasteiger partial charge in [0.15, 0.2) is 5.82 Å². The predicted octanol–water partition coefficient (Wildman–Crippen LogP) is 2.70. The van der Waals surface area contributed by atoms with Crippen LogP contribution in [0.2, 0.25) is 0 Å². The van der Waals surface area contributed by atoms with Gasteiger partial charge in [0, 0.05) is 31.9 Å². The molecule has 0 atom stereocenters. The third-order valence-electron chi connectivity index (χ3n) is 4.65. The van der Waals surface area contributed by atoms with Gasteiger partial charge in [-0.15, -0.1) is 0 Å². The summed E-state index contributed by atoms with van der Waals surface area (Å²) in [6.07, 6.45) is 1.02. The van der Waals surface area contributed by atoms with Crippen molar-refractivity contribution in [3.05, 3.63) is 53.6 Å². The van der Waals surface area contributed by atoms with E-state index in [9.17, 15) is 18.8 Å². The summed E-state index contributed by atoms with van der Waals surface area (Å²) >= 11 is 0. The maximum Gasteiger partial charge on any atom is 0.409 e. The molecule has 0 aliphatic carbocycles. The van der Waals surface area contributed by atoms with E-state index in [0.717, 1.165) is 5.69 Å². The molecular formula is C20H22FN5O4. The highest BCUT2D eigenvalue weighted by Gasteiger charge is 2.27. The lowest BCUT2D eigenvalue weighted by Gasteiger charge is -2.34. The van der Waals surface area contributed by atoms with Gasteiger partial charge in [-0.25, -0.2) is 14.0 Å². The summed E-state index contributed by atoms with van der Waals surface area (Å²) < 4.78 is 19.6. The third kappa shape index (κ3) is 4.83. The minimum Gasteiger partial charge on any atom is -0.453 e. The lowest BCUT2D eigenvalue weighted by molar-refractivity contribution is 0.0595. The van der Waals surface area contributed by atoms with Crippen LogP contribution in [0.1, 0.15) is 16.1 Å². The number of pyridine rings is 1. The Morgan fingerprint density at radius 1 is 1.03 bits per heavy atom. The number of nitrogens with one attached hydrogen (secondary N) is 2. The van der Waals surface area contributed by atoms with E-state index in [0.29, 0.717) is 18.8 Å². The van der Waals surface area contributed by atoms with Crippen molar-refractivity contribution in [1.29, 1.82) is 0 Å². The third-order valence-corrected chi connectivity index (χ3v) is 4.65. The highest BCUT2D eigenvalue weighted by molar-refractivity contribution is 6.01. The van der Waals surface area contributed by atoms with Crippen LogP contribution in [0.4, 0.5) is 25.4 Å². The van der Waals surface area contributed by atoms with Crippen LogP contribution in [-0.4, -0.2) is 66.1 Å². The Labute approximate surface area is 172 Å². The van der Waals surface area contributed by atoms with Gasteiger partial charge in [0.1, 0.15) is 0 Å². The van der Waals surface area contributed by atoms with E-state index in [1.54, 1.807) is 12.1 Å². The zero-order valence-corrected chi connectivity index (χ0v) is 16.6. The fourth-order valence-corrected chi connectivity index (χ4v) is 3.01. The number of halogens is 1. The molecule has 1 aliphatic rings. The molecule has 10 heteroatoms. The van der Waals surface area contributed by atoms with Crippen molar-refractivity contribution in [3.8, 4) is 0 Å². The fourth-order valence-electron chi connectivity index (χ4n) is 3.01. The predicted molar refractivity (Wildman–Crippen MR) is 108 cm³/mol. The van der Waals surface area contributed by atoms with Gasteiger partial charge in [-0.05, 0) is 31.2 Å². The normalized spacial score (nSPS) is 13.6. The maximum absolute atomic E-state index is 14.9. The molecule has 158 valence electrons. The van der Waals surface area contributed by atoms with Crippen LogP contribution < -0.4 is 10.6 Å². The van der Waals surface area contributed by atoms with E-state index in [1.807, 2.05) is 6.92 Å². The molecule has 1 saturated heterocycles. The van der Waals surface area contributed by atoms with E-state index in [1.165, 1.54) is 41.3 Å². The number of carbonyl (C=O) groups is 3. The molecule has 0 unspecified atom stereocenters. The van der Waals surface area contributed by atoms with Crippen LogP contribution in [0.3, 0.4) is 0 Å². The zero-order valence-electron chi connectivity index (χ0n) is 16.6. The van der Waals surface area contributed by atoms with Crippen LogP contribution in [0, 0.1) is 12.7 Å². The lowest BCUT2D eigenvalue weighted by atomic mass is 10.1. The Kier molecular flexibility index (Phi) is 6.45. The second-order valence-electron chi connectivity index (χ2n) is 6.68. The highest BCUT2D eigenvalue weighted by Crippen LogP contribution is 2.21. The van der Waals surface area contributed by atoms with Crippen LogP contribution in [0.15, 0.2) is 36.5 Å². The minimum absolute atomic E-state index is 0.119. The Morgan fingerprint density at radius 3 is 2.37 bits per heavy atom. The SMILES string of the molecule is COC(=O)N1CCN(C(=O)c2cccc(NC(=O)Nc3ccc(C)nc3)c2F)CC1.